The number of nitrogens with one attached hydrogen (secondary N) is 1. The largest absolute Gasteiger partial charge is 0.478 e. The molecular formula is C14H19N3OS. The lowest BCUT2D eigenvalue weighted by Crippen LogP contribution is -2.04. The highest BCUT2D eigenvalue weighted by molar-refractivity contribution is 7.12. The third-order valence-electron chi connectivity index (χ3n) is 2.72. The van der Waals surface area contributed by atoms with Gasteiger partial charge in [-0.15, -0.1) is 11.3 Å². The molecule has 0 aliphatic rings. The normalized spacial score (nSPS) is 10.5. The number of nitrogens with zero attached hydrogens (tertiary/aromatic N) is 2. The molecule has 0 unspecified atom stereocenters. The number of aryl methyl sites for hydroxylation is 2. The Balaban J connectivity index is 1.95. The van der Waals surface area contributed by atoms with Gasteiger partial charge in [-0.25, -0.2) is 4.98 Å². The van der Waals surface area contributed by atoms with E-state index in [-0.39, 0.29) is 0 Å². The lowest BCUT2D eigenvalue weighted by atomic mass is 10.3. The Hall–Kier alpha value is -1.62. The van der Waals surface area contributed by atoms with Crippen LogP contribution in [0.5, 0.6) is 5.88 Å². The summed E-state index contributed by atoms with van der Waals surface area (Å²) < 4.78 is 5.48. The van der Waals surface area contributed by atoms with Gasteiger partial charge in [0.05, 0.1) is 13.2 Å². The molecule has 4 nitrogen and oxygen atoms in total. The summed E-state index contributed by atoms with van der Waals surface area (Å²) in [5.41, 5.74) is 1.34. The van der Waals surface area contributed by atoms with E-state index in [2.05, 4.69) is 42.1 Å². The zero-order chi connectivity index (χ0) is 13.7. The highest BCUT2D eigenvalue weighted by atomic mass is 32.1. The number of thiophene rings is 1. The maximum Gasteiger partial charge on any atom is 0.226 e. The summed E-state index contributed by atoms with van der Waals surface area (Å²) in [5.74, 6) is 1.23. The fourth-order valence-corrected chi connectivity index (χ4v) is 2.61. The van der Waals surface area contributed by atoms with Crippen molar-refractivity contribution < 1.29 is 4.74 Å². The molecule has 19 heavy (non-hydrogen) atoms. The van der Waals surface area contributed by atoms with Gasteiger partial charge in [-0.1, -0.05) is 6.92 Å². The van der Waals surface area contributed by atoms with Crippen molar-refractivity contribution in [2.24, 2.45) is 0 Å². The van der Waals surface area contributed by atoms with Crippen molar-refractivity contribution in [3.05, 3.63) is 33.6 Å². The SMILES string of the molecule is CCCOc1ccnc(NCc2cc(C)c(C)s2)n1. The van der Waals surface area contributed by atoms with Crippen LogP contribution in [0.1, 0.15) is 28.7 Å². The van der Waals surface area contributed by atoms with E-state index in [0.29, 0.717) is 18.4 Å². The minimum absolute atomic E-state index is 0.609. The standard InChI is InChI=1S/C14H19N3OS/c1-4-7-18-13-5-6-15-14(17-13)16-9-12-8-10(2)11(3)19-12/h5-6,8H,4,7,9H2,1-3H3,(H,15,16,17). The quantitative estimate of drug-likeness (QED) is 0.877. The molecule has 0 bridgehead atoms. The van der Waals surface area contributed by atoms with Crippen LogP contribution < -0.4 is 10.1 Å². The summed E-state index contributed by atoms with van der Waals surface area (Å²) >= 11 is 1.80. The first-order valence-electron chi connectivity index (χ1n) is 6.44. The molecule has 2 aromatic rings. The third-order valence-corrected chi connectivity index (χ3v) is 3.87. The number of hydrogen-bond donors (Lipinski definition) is 1. The van der Waals surface area contributed by atoms with Crippen LogP contribution in [0.2, 0.25) is 0 Å². The maximum atomic E-state index is 5.48. The van der Waals surface area contributed by atoms with Crippen molar-refractivity contribution in [1.29, 1.82) is 0 Å². The lowest BCUT2D eigenvalue weighted by molar-refractivity contribution is 0.305. The molecule has 0 fully saturated rings. The Morgan fingerprint density at radius 3 is 2.89 bits per heavy atom. The first-order chi connectivity index (χ1) is 9.19. The van der Waals surface area contributed by atoms with Gasteiger partial charge < -0.3 is 10.1 Å². The smallest absolute Gasteiger partial charge is 0.226 e. The topological polar surface area (TPSA) is 47.0 Å². The Labute approximate surface area is 117 Å². The molecule has 0 aliphatic heterocycles. The van der Waals surface area contributed by atoms with Gasteiger partial charge in [0.1, 0.15) is 0 Å². The first-order valence-corrected chi connectivity index (χ1v) is 7.26. The van der Waals surface area contributed by atoms with Gasteiger partial charge in [-0.3, -0.25) is 0 Å². The van der Waals surface area contributed by atoms with Crippen molar-refractivity contribution >= 4 is 17.3 Å². The maximum absolute atomic E-state index is 5.48. The molecule has 0 radical (unpaired) electrons. The van der Waals surface area contributed by atoms with Crippen LogP contribution in [-0.4, -0.2) is 16.6 Å². The van der Waals surface area contributed by atoms with Crippen LogP contribution in [0.4, 0.5) is 5.95 Å². The van der Waals surface area contributed by atoms with E-state index in [1.807, 2.05) is 0 Å². The summed E-state index contributed by atoms with van der Waals surface area (Å²) in [6.07, 6.45) is 2.69. The molecule has 2 rings (SSSR count). The number of ether oxygens (including phenoxy) is 1. The zero-order valence-electron chi connectivity index (χ0n) is 11.6. The van der Waals surface area contributed by atoms with E-state index >= 15 is 0 Å². The number of hydrogen-bond acceptors (Lipinski definition) is 5. The van der Waals surface area contributed by atoms with Crippen LogP contribution in [0.3, 0.4) is 0 Å². The molecule has 0 aromatic carbocycles. The second-order valence-corrected chi connectivity index (χ2v) is 5.71. The summed E-state index contributed by atoms with van der Waals surface area (Å²) in [6.45, 7) is 7.77. The predicted molar refractivity (Wildman–Crippen MR) is 78.9 cm³/mol. The molecule has 0 amide bonds. The summed E-state index contributed by atoms with van der Waals surface area (Å²) in [6, 6.07) is 3.98. The van der Waals surface area contributed by atoms with Crippen LogP contribution in [-0.2, 0) is 6.54 Å². The fourth-order valence-electron chi connectivity index (χ4n) is 1.62. The van der Waals surface area contributed by atoms with Gasteiger partial charge in [0.15, 0.2) is 0 Å². The number of anilines is 1. The monoisotopic (exact) mass is 277 g/mol. The minimum atomic E-state index is 0.609. The van der Waals surface area contributed by atoms with Crippen LogP contribution in [0, 0.1) is 13.8 Å². The predicted octanol–water partition coefficient (Wildman–Crippen LogP) is 3.56. The molecule has 102 valence electrons. The van der Waals surface area contributed by atoms with Crippen LogP contribution in [0.15, 0.2) is 18.3 Å². The first kappa shape index (κ1) is 13.8. The zero-order valence-corrected chi connectivity index (χ0v) is 12.4. The van der Waals surface area contributed by atoms with Gasteiger partial charge in [0.25, 0.3) is 0 Å². The Morgan fingerprint density at radius 2 is 2.21 bits per heavy atom. The van der Waals surface area contributed by atoms with E-state index in [1.54, 1.807) is 23.6 Å². The van der Waals surface area contributed by atoms with Crippen molar-refractivity contribution in [3.8, 4) is 5.88 Å². The second kappa shape index (κ2) is 6.52. The Bertz CT molecular complexity index is 520. The third kappa shape index (κ3) is 3.92. The minimum Gasteiger partial charge on any atom is -0.478 e. The summed E-state index contributed by atoms with van der Waals surface area (Å²) in [7, 11) is 0. The van der Waals surface area contributed by atoms with E-state index in [9.17, 15) is 0 Å². The van der Waals surface area contributed by atoms with Crippen molar-refractivity contribution in [1.82, 2.24) is 9.97 Å². The van der Waals surface area contributed by atoms with E-state index < -0.39 is 0 Å². The van der Waals surface area contributed by atoms with E-state index in [4.69, 9.17) is 4.74 Å². The summed E-state index contributed by atoms with van der Waals surface area (Å²) in [4.78, 5) is 11.2. The molecule has 0 spiro atoms. The average molecular weight is 277 g/mol. The highest BCUT2D eigenvalue weighted by Crippen LogP contribution is 2.21. The second-order valence-electron chi connectivity index (χ2n) is 4.37. The van der Waals surface area contributed by atoms with Crippen LogP contribution >= 0.6 is 11.3 Å². The van der Waals surface area contributed by atoms with Crippen molar-refractivity contribution in [3.63, 3.8) is 0 Å². The molecule has 0 atom stereocenters. The van der Waals surface area contributed by atoms with Gasteiger partial charge >= 0.3 is 0 Å². The van der Waals surface area contributed by atoms with Gasteiger partial charge in [0.2, 0.25) is 11.8 Å². The molecule has 2 aromatic heterocycles. The molecule has 0 aliphatic carbocycles. The molecule has 0 saturated heterocycles. The van der Waals surface area contributed by atoms with E-state index in [0.717, 1.165) is 13.0 Å². The van der Waals surface area contributed by atoms with Gasteiger partial charge in [-0.05, 0) is 31.9 Å². The lowest BCUT2D eigenvalue weighted by Gasteiger charge is -2.06. The summed E-state index contributed by atoms with van der Waals surface area (Å²) in [5, 5.41) is 3.23. The molecular weight excluding hydrogens is 258 g/mol. The van der Waals surface area contributed by atoms with Gasteiger partial charge in [0, 0.05) is 22.0 Å². The number of aromatic nitrogens is 2. The Morgan fingerprint density at radius 1 is 1.37 bits per heavy atom. The van der Waals surface area contributed by atoms with Crippen LogP contribution in [0.25, 0.3) is 0 Å². The van der Waals surface area contributed by atoms with Crippen molar-refractivity contribution in [2.75, 3.05) is 11.9 Å². The van der Waals surface area contributed by atoms with E-state index in [1.165, 1.54) is 15.3 Å². The fraction of sp³-hybridized carbons (Fsp3) is 0.429. The number of rotatable bonds is 6. The van der Waals surface area contributed by atoms with Gasteiger partial charge in [-0.2, -0.15) is 4.98 Å². The highest BCUT2D eigenvalue weighted by Gasteiger charge is 2.03. The molecule has 0 saturated carbocycles. The Kier molecular flexibility index (Phi) is 4.74. The molecule has 1 N–H and O–H groups in total. The average Bonchev–Trinajstić information content (AvgIpc) is 2.74. The molecule has 2 heterocycles. The van der Waals surface area contributed by atoms with Crippen molar-refractivity contribution in [2.45, 2.75) is 33.7 Å². The molecule has 5 heteroatoms.